The van der Waals surface area contributed by atoms with Crippen LogP contribution in [0.5, 0.6) is 0 Å². The average Bonchev–Trinajstić information content (AvgIpc) is 2.59. The maximum atomic E-state index is 11.8. The minimum Gasteiger partial charge on any atom is -0.369 e. The van der Waals surface area contributed by atoms with Crippen molar-refractivity contribution >= 4 is 11.9 Å². The quantitative estimate of drug-likeness (QED) is 0.622. The molecule has 6 nitrogen and oxygen atoms in total. The number of amides is 3. The molecule has 1 aromatic rings. The minimum absolute atomic E-state index is 0.0216. The van der Waals surface area contributed by atoms with Crippen LogP contribution in [0.25, 0.3) is 0 Å². The van der Waals surface area contributed by atoms with E-state index in [1.54, 1.807) is 0 Å². The smallest absolute Gasteiger partial charge is 0.314 e. The number of hydrogen-bond donors (Lipinski definition) is 3. The van der Waals surface area contributed by atoms with Gasteiger partial charge in [-0.3, -0.25) is 4.79 Å². The van der Waals surface area contributed by atoms with Crippen LogP contribution < -0.4 is 16.4 Å². The van der Waals surface area contributed by atoms with Crippen molar-refractivity contribution in [1.82, 2.24) is 15.5 Å². The van der Waals surface area contributed by atoms with Gasteiger partial charge in [0.2, 0.25) is 5.91 Å². The Bertz CT molecular complexity index is 576. The summed E-state index contributed by atoms with van der Waals surface area (Å²) in [6.45, 7) is 5.96. The lowest BCUT2D eigenvalue weighted by Gasteiger charge is -2.31. The van der Waals surface area contributed by atoms with Crippen LogP contribution >= 0.6 is 0 Å². The highest BCUT2D eigenvalue weighted by atomic mass is 16.2. The third-order valence-electron chi connectivity index (χ3n) is 4.63. The largest absolute Gasteiger partial charge is 0.369 e. The molecule has 1 aromatic carbocycles. The Balaban J connectivity index is 1.54. The van der Waals surface area contributed by atoms with E-state index < -0.39 is 0 Å². The number of urea groups is 1. The Kier molecular flexibility index (Phi) is 7.73. The van der Waals surface area contributed by atoms with Crippen molar-refractivity contribution < 1.29 is 9.59 Å². The van der Waals surface area contributed by atoms with Crippen LogP contribution in [0.3, 0.4) is 0 Å². The number of carbonyl (C=O) groups excluding carboxylic acids is 2. The Morgan fingerprint density at radius 2 is 2.08 bits per heavy atom. The van der Waals surface area contributed by atoms with Gasteiger partial charge in [0.15, 0.2) is 0 Å². The molecular formula is C19H30N4O2. The fourth-order valence-corrected chi connectivity index (χ4v) is 3.25. The molecular weight excluding hydrogens is 316 g/mol. The molecule has 6 heteroatoms. The van der Waals surface area contributed by atoms with E-state index in [1.807, 2.05) is 6.07 Å². The highest BCUT2D eigenvalue weighted by Gasteiger charge is 2.23. The van der Waals surface area contributed by atoms with Gasteiger partial charge in [-0.1, -0.05) is 29.8 Å². The summed E-state index contributed by atoms with van der Waals surface area (Å²) >= 11 is 0. The predicted molar refractivity (Wildman–Crippen MR) is 99.3 cm³/mol. The number of benzene rings is 1. The van der Waals surface area contributed by atoms with Gasteiger partial charge in [-0.15, -0.1) is 0 Å². The van der Waals surface area contributed by atoms with Crippen molar-refractivity contribution in [3.8, 4) is 0 Å². The molecule has 2 rings (SSSR count). The molecule has 1 saturated heterocycles. The first-order valence-electron chi connectivity index (χ1n) is 9.13. The van der Waals surface area contributed by atoms with Crippen LogP contribution in [0.2, 0.25) is 0 Å². The average molecular weight is 346 g/mol. The van der Waals surface area contributed by atoms with Gasteiger partial charge in [0.1, 0.15) is 0 Å². The second-order valence-corrected chi connectivity index (χ2v) is 6.82. The predicted octanol–water partition coefficient (Wildman–Crippen LogP) is 1.42. The topological polar surface area (TPSA) is 87.5 Å². The minimum atomic E-state index is -0.198. The Hall–Kier alpha value is -2.08. The second-order valence-electron chi connectivity index (χ2n) is 6.82. The molecule has 0 bridgehead atoms. The van der Waals surface area contributed by atoms with Gasteiger partial charge >= 0.3 is 6.03 Å². The summed E-state index contributed by atoms with van der Waals surface area (Å²) in [5.74, 6) is -0.220. The number of nitrogens with two attached hydrogens (primary N) is 1. The first-order chi connectivity index (χ1) is 12.0. The van der Waals surface area contributed by atoms with Gasteiger partial charge < -0.3 is 21.3 Å². The third kappa shape index (κ3) is 7.13. The molecule has 0 unspecified atom stereocenters. The van der Waals surface area contributed by atoms with Crippen LogP contribution in [0.15, 0.2) is 24.3 Å². The lowest BCUT2D eigenvalue weighted by Crippen LogP contribution is -2.42. The summed E-state index contributed by atoms with van der Waals surface area (Å²) in [6.07, 6.45) is 3.61. The second kappa shape index (κ2) is 10.0. The molecule has 0 spiro atoms. The lowest BCUT2D eigenvalue weighted by molar-refractivity contribution is -0.123. The number of primary amides is 1. The number of rotatable bonds is 8. The molecule has 1 fully saturated rings. The SMILES string of the molecule is Cc1cccc(CCNC(=O)NCCCN2CCC[C@H](C(N)=O)C2)c1. The van der Waals surface area contributed by atoms with Gasteiger partial charge in [0.25, 0.3) is 0 Å². The molecule has 0 aliphatic carbocycles. The van der Waals surface area contributed by atoms with E-state index in [4.69, 9.17) is 5.73 Å². The van der Waals surface area contributed by atoms with Crippen molar-refractivity contribution in [2.75, 3.05) is 32.7 Å². The number of carbonyl (C=O) groups is 2. The molecule has 1 heterocycles. The lowest BCUT2D eigenvalue weighted by atomic mass is 9.97. The van der Waals surface area contributed by atoms with Crippen LogP contribution in [0.1, 0.15) is 30.4 Å². The maximum absolute atomic E-state index is 11.8. The monoisotopic (exact) mass is 346 g/mol. The third-order valence-corrected chi connectivity index (χ3v) is 4.63. The summed E-state index contributed by atoms with van der Waals surface area (Å²) in [4.78, 5) is 25.3. The van der Waals surface area contributed by atoms with Gasteiger partial charge in [-0.05, 0) is 51.3 Å². The van der Waals surface area contributed by atoms with Crippen molar-refractivity contribution in [2.24, 2.45) is 11.7 Å². The first-order valence-corrected chi connectivity index (χ1v) is 9.13. The van der Waals surface area contributed by atoms with E-state index in [0.29, 0.717) is 13.1 Å². The standard InChI is InChI=1S/C19H30N4O2/c1-15-5-2-6-16(13-15)8-10-22-19(25)21-9-4-12-23-11-3-7-17(14-23)18(20)24/h2,5-6,13,17H,3-4,7-12,14H2,1H3,(H2,20,24)(H2,21,22,25)/t17-/m0/s1. The number of hydrogen-bond acceptors (Lipinski definition) is 3. The van der Waals surface area contributed by atoms with E-state index in [2.05, 4.69) is 40.7 Å². The van der Waals surface area contributed by atoms with Crippen LogP contribution in [0.4, 0.5) is 4.79 Å². The Labute approximate surface area is 150 Å². The summed E-state index contributed by atoms with van der Waals surface area (Å²) in [6, 6.07) is 8.19. The van der Waals surface area contributed by atoms with E-state index in [1.165, 1.54) is 11.1 Å². The summed E-state index contributed by atoms with van der Waals surface area (Å²) in [5, 5.41) is 5.77. The summed E-state index contributed by atoms with van der Waals surface area (Å²) in [7, 11) is 0. The van der Waals surface area contributed by atoms with Crippen LogP contribution in [-0.4, -0.2) is 49.6 Å². The number of nitrogens with one attached hydrogen (secondary N) is 2. The molecule has 25 heavy (non-hydrogen) atoms. The zero-order valence-corrected chi connectivity index (χ0v) is 15.1. The van der Waals surface area contributed by atoms with Crippen LogP contribution in [0, 0.1) is 12.8 Å². The number of aryl methyl sites for hydroxylation is 1. The fourth-order valence-electron chi connectivity index (χ4n) is 3.25. The molecule has 1 atom stereocenters. The zero-order chi connectivity index (χ0) is 18.1. The Morgan fingerprint density at radius 1 is 1.28 bits per heavy atom. The molecule has 4 N–H and O–H groups in total. The van der Waals surface area contributed by atoms with Crippen LogP contribution in [-0.2, 0) is 11.2 Å². The highest BCUT2D eigenvalue weighted by Crippen LogP contribution is 2.15. The van der Waals surface area contributed by atoms with Crippen molar-refractivity contribution in [2.45, 2.75) is 32.6 Å². The van der Waals surface area contributed by atoms with Gasteiger partial charge in [-0.2, -0.15) is 0 Å². The van der Waals surface area contributed by atoms with E-state index in [-0.39, 0.29) is 17.9 Å². The normalized spacial score (nSPS) is 17.9. The molecule has 1 aliphatic rings. The van der Waals surface area contributed by atoms with Crippen molar-refractivity contribution in [3.05, 3.63) is 35.4 Å². The van der Waals surface area contributed by atoms with Crippen molar-refractivity contribution in [3.63, 3.8) is 0 Å². The van der Waals surface area contributed by atoms with Gasteiger partial charge in [0.05, 0.1) is 5.92 Å². The first kappa shape index (κ1) is 19.2. The van der Waals surface area contributed by atoms with E-state index in [9.17, 15) is 9.59 Å². The van der Waals surface area contributed by atoms with E-state index in [0.717, 1.165) is 45.3 Å². The number of piperidine rings is 1. The summed E-state index contributed by atoms with van der Waals surface area (Å²) < 4.78 is 0. The van der Waals surface area contributed by atoms with Gasteiger partial charge in [0, 0.05) is 19.6 Å². The molecule has 0 saturated carbocycles. The number of nitrogens with zero attached hydrogens (tertiary/aromatic N) is 1. The maximum Gasteiger partial charge on any atom is 0.314 e. The molecule has 0 aromatic heterocycles. The zero-order valence-electron chi connectivity index (χ0n) is 15.1. The Morgan fingerprint density at radius 3 is 2.84 bits per heavy atom. The summed E-state index contributed by atoms with van der Waals surface area (Å²) in [5.41, 5.74) is 7.86. The van der Waals surface area contributed by atoms with Gasteiger partial charge in [-0.25, -0.2) is 4.79 Å². The molecule has 1 aliphatic heterocycles. The molecule has 138 valence electrons. The highest BCUT2D eigenvalue weighted by molar-refractivity contribution is 5.77. The molecule has 0 radical (unpaired) electrons. The van der Waals surface area contributed by atoms with Crippen molar-refractivity contribution in [1.29, 1.82) is 0 Å². The number of likely N-dealkylation sites (tertiary alicyclic amines) is 1. The molecule has 3 amide bonds. The fraction of sp³-hybridized carbons (Fsp3) is 0.579. The van der Waals surface area contributed by atoms with E-state index >= 15 is 0 Å².